The predicted octanol–water partition coefficient (Wildman–Crippen LogP) is 2.44. The van der Waals surface area contributed by atoms with E-state index in [0.717, 1.165) is 26.9 Å². The number of hydrogen-bond donors (Lipinski definition) is 0. The van der Waals surface area contributed by atoms with Crippen molar-refractivity contribution in [2.45, 2.75) is 44.9 Å². The largest absolute Gasteiger partial charge is 0.461 e. The highest BCUT2D eigenvalue weighted by molar-refractivity contribution is 5.77. The summed E-state index contributed by atoms with van der Waals surface area (Å²) in [5.74, 6) is -2.83. The van der Waals surface area contributed by atoms with Crippen LogP contribution in [-0.2, 0) is 14.3 Å². The van der Waals surface area contributed by atoms with Crippen LogP contribution in [0.5, 0.6) is 0 Å². The molecule has 0 heterocycles. The van der Waals surface area contributed by atoms with Gasteiger partial charge in [-0.3, -0.25) is 0 Å². The van der Waals surface area contributed by atoms with Crippen LogP contribution in [0.2, 0.25) is 0 Å². The third kappa shape index (κ3) is 3.78. The summed E-state index contributed by atoms with van der Waals surface area (Å²) in [5.41, 5.74) is 0. The monoisotopic (exact) mass is 218 g/mol. The molecule has 0 radical (unpaired) electrons. The molecule has 1 aliphatic carbocycles. The summed E-state index contributed by atoms with van der Waals surface area (Å²) >= 11 is 0. The van der Waals surface area contributed by atoms with Crippen LogP contribution >= 0.6 is 0 Å². The molecule has 88 valence electrons. The lowest BCUT2D eigenvalue weighted by atomic mass is 9.90. The van der Waals surface area contributed by atoms with E-state index in [0.29, 0.717) is 12.5 Å². The average Bonchev–Trinajstić information content (AvgIpc) is 2.27. The molecule has 1 saturated carbocycles. The Kier molecular flexibility index (Phi) is 4.51. The van der Waals surface area contributed by atoms with Gasteiger partial charge in [-0.25, -0.2) is 4.79 Å². The number of ether oxygens (including phenoxy) is 2. The molecule has 0 spiro atoms. The fraction of sp³-hybridized carbons (Fsp3) is 0.909. The molecular weight excluding hydrogens is 199 g/mol. The second-order valence-electron chi connectivity index (χ2n) is 4.22. The highest BCUT2D eigenvalue weighted by Gasteiger charge is 2.35. The van der Waals surface area contributed by atoms with Crippen molar-refractivity contribution in [3.8, 4) is 0 Å². The van der Waals surface area contributed by atoms with Crippen LogP contribution in [0.4, 0.5) is 4.39 Å². The minimum Gasteiger partial charge on any atom is -0.461 e. The van der Waals surface area contributed by atoms with Crippen LogP contribution in [0.3, 0.4) is 0 Å². The van der Waals surface area contributed by atoms with Gasteiger partial charge in [0.1, 0.15) is 0 Å². The topological polar surface area (TPSA) is 35.5 Å². The van der Waals surface area contributed by atoms with Gasteiger partial charge >= 0.3 is 11.8 Å². The number of halogens is 1. The van der Waals surface area contributed by atoms with Crippen molar-refractivity contribution in [2.24, 2.45) is 5.92 Å². The van der Waals surface area contributed by atoms with E-state index in [1.54, 1.807) is 0 Å². The lowest BCUT2D eigenvalue weighted by Crippen LogP contribution is -2.35. The molecule has 1 rings (SSSR count). The molecule has 1 unspecified atom stereocenters. The van der Waals surface area contributed by atoms with Crippen LogP contribution in [0.15, 0.2) is 0 Å². The van der Waals surface area contributed by atoms with Crippen molar-refractivity contribution >= 4 is 5.97 Å². The van der Waals surface area contributed by atoms with Gasteiger partial charge in [-0.15, -0.1) is 0 Å². The van der Waals surface area contributed by atoms with E-state index in [4.69, 9.17) is 4.74 Å². The first-order valence-electron chi connectivity index (χ1n) is 5.47. The van der Waals surface area contributed by atoms with Crippen molar-refractivity contribution in [2.75, 3.05) is 13.7 Å². The lowest BCUT2D eigenvalue weighted by Gasteiger charge is -2.23. The maximum Gasteiger partial charge on any atom is 0.371 e. The summed E-state index contributed by atoms with van der Waals surface area (Å²) in [7, 11) is 1.15. The average molecular weight is 218 g/mol. The van der Waals surface area contributed by atoms with Gasteiger partial charge in [-0.1, -0.05) is 19.3 Å². The summed E-state index contributed by atoms with van der Waals surface area (Å²) in [6.45, 7) is 1.39. The van der Waals surface area contributed by atoms with E-state index < -0.39 is 11.8 Å². The van der Waals surface area contributed by atoms with Gasteiger partial charge in [0.15, 0.2) is 0 Å². The molecule has 0 saturated heterocycles. The Balaban J connectivity index is 2.26. The SMILES string of the molecule is COC(C)(F)C(=O)OCC1CCCCC1. The van der Waals surface area contributed by atoms with E-state index in [2.05, 4.69) is 4.74 Å². The zero-order valence-electron chi connectivity index (χ0n) is 9.42. The van der Waals surface area contributed by atoms with Crippen molar-refractivity contribution in [3.63, 3.8) is 0 Å². The molecule has 0 aromatic heterocycles. The molecule has 3 nitrogen and oxygen atoms in total. The maximum atomic E-state index is 13.3. The van der Waals surface area contributed by atoms with Gasteiger partial charge in [-0.05, 0) is 18.8 Å². The van der Waals surface area contributed by atoms with Gasteiger partial charge in [0.25, 0.3) is 0 Å². The first-order valence-corrected chi connectivity index (χ1v) is 5.47. The third-order valence-electron chi connectivity index (χ3n) is 2.92. The molecule has 1 aliphatic rings. The van der Waals surface area contributed by atoms with E-state index in [1.165, 1.54) is 19.3 Å². The highest BCUT2D eigenvalue weighted by atomic mass is 19.2. The van der Waals surface area contributed by atoms with E-state index in [-0.39, 0.29) is 0 Å². The number of hydrogen-bond acceptors (Lipinski definition) is 3. The van der Waals surface area contributed by atoms with Crippen LogP contribution in [0.1, 0.15) is 39.0 Å². The highest BCUT2D eigenvalue weighted by Crippen LogP contribution is 2.24. The van der Waals surface area contributed by atoms with Gasteiger partial charge < -0.3 is 9.47 Å². The van der Waals surface area contributed by atoms with Crippen molar-refractivity contribution in [3.05, 3.63) is 0 Å². The Hall–Kier alpha value is -0.640. The molecule has 1 fully saturated rings. The molecule has 15 heavy (non-hydrogen) atoms. The van der Waals surface area contributed by atoms with Crippen molar-refractivity contribution in [1.82, 2.24) is 0 Å². The van der Waals surface area contributed by atoms with Gasteiger partial charge in [0, 0.05) is 14.0 Å². The zero-order chi connectivity index (χ0) is 11.3. The Morgan fingerprint density at radius 2 is 2.00 bits per heavy atom. The zero-order valence-corrected chi connectivity index (χ0v) is 9.42. The standard InChI is InChI=1S/C11H19FO3/c1-11(12,14-2)10(13)15-8-9-6-4-3-5-7-9/h9H,3-8H2,1-2H3. The minimum absolute atomic E-state index is 0.321. The van der Waals surface area contributed by atoms with Gasteiger partial charge in [-0.2, -0.15) is 4.39 Å². The van der Waals surface area contributed by atoms with Gasteiger partial charge in [0.05, 0.1) is 6.61 Å². The summed E-state index contributed by atoms with van der Waals surface area (Å²) < 4.78 is 22.6. The minimum atomic E-state index is -2.31. The Labute approximate surface area is 89.9 Å². The first kappa shape index (κ1) is 12.4. The molecule has 1 atom stereocenters. The number of alkyl halides is 1. The molecule has 0 aliphatic heterocycles. The molecule has 4 heteroatoms. The summed E-state index contributed by atoms with van der Waals surface area (Å²) in [4.78, 5) is 11.2. The van der Waals surface area contributed by atoms with Crippen molar-refractivity contribution < 1.29 is 18.7 Å². The number of methoxy groups -OCH3 is 1. The van der Waals surface area contributed by atoms with E-state index in [9.17, 15) is 9.18 Å². The number of carbonyl (C=O) groups excluding carboxylic acids is 1. The summed E-state index contributed by atoms with van der Waals surface area (Å²) in [6, 6.07) is 0. The quantitative estimate of drug-likeness (QED) is 0.680. The smallest absolute Gasteiger partial charge is 0.371 e. The fourth-order valence-corrected chi connectivity index (χ4v) is 1.76. The van der Waals surface area contributed by atoms with E-state index in [1.807, 2.05) is 0 Å². The third-order valence-corrected chi connectivity index (χ3v) is 2.92. The molecule has 0 aromatic carbocycles. The van der Waals surface area contributed by atoms with Gasteiger partial charge in [0.2, 0.25) is 0 Å². The summed E-state index contributed by atoms with van der Waals surface area (Å²) in [6.07, 6.45) is 5.76. The van der Waals surface area contributed by atoms with Crippen LogP contribution in [-0.4, -0.2) is 25.5 Å². The molecule has 0 N–H and O–H groups in total. The first-order chi connectivity index (χ1) is 7.06. The molecule has 0 aromatic rings. The fourth-order valence-electron chi connectivity index (χ4n) is 1.76. The lowest BCUT2D eigenvalue weighted by molar-refractivity contribution is -0.191. The van der Waals surface area contributed by atoms with Crippen LogP contribution in [0.25, 0.3) is 0 Å². The second-order valence-corrected chi connectivity index (χ2v) is 4.22. The normalized spacial score (nSPS) is 22.1. The molecular formula is C11H19FO3. The van der Waals surface area contributed by atoms with E-state index >= 15 is 0 Å². The molecule has 0 amide bonds. The Morgan fingerprint density at radius 3 is 2.53 bits per heavy atom. The number of esters is 1. The second kappa shape index (κ2) is 5.45. The van der Waals surface area contributed by atoms with Crippen LogP contribution in [0, 0.1) is 5.92 Å². The molecule has 0 bridgehead atoms. The van der Waals surface area contributed by atoms with Crippen LogP contribution < -0.4 is 0 Å². The maximum absolute atomic E-state index is 13.3. The Morgan fingerprint density at radius 1 is 1.40 bits per heavy atom. The predicted molar refractivity (Wildman–Crippen MR) is 54.1 cm³/mol. The van der Waals surface area contributed by atoms with Crippen molar-refractivity contribution in [1.29, 1.82) is 0 Å². The number of rotatable bonds is 4. The summed E-state index contributed by atoms with van der Waals surface area (Å²) in [5, 5.41) is 0. The number of carbonyl (C=O) groups is 1. The Bertz CT molecular complexity index is 210.